The summed E-state index contributed by atoms with van der Waals surface area (Å²) in [4.78, 5) is 169. The van der Waals surface area contributed by atoms with Crippen molar-refractivity contribution in [3.63, 3.8) is 0 Å². The average molecular weight is 1250 g/mol. The van der Waals surface area contributed by atoms with Crippen molar-refractivity contribution in [1.82, 2.24) is 55.6 Å². The van der Waals surface area contributed by atoms with Crippen LogP contribution in [0.1, 0.15) is 149 Å². The summed E-state index contributed by atoms with van der Waals surface area (Å²) in [6, 6.07) is -12.7. The van der Waals surface area contributed by atoms with E-state index >= 15 is 9.59 Å². The molecule has 0 spiro atoms. The van der Waals surface area contributed by atoms with Gasteiger partial charge in [0.25, 0.3) is 0 Å². The molecule has 88 heavy (non-hydrogen) atoms. The molecule has 0 aromatic rings. The number of aliphatic hydroxyl groups is 3. The standard InChI is InChI=1S/C63H113N11O14/c1-24-44-59(84)68(17)32-49(77)69(18)45(28-34(2)3)56(81)67-50(38(10)11)62(87)70(19)46(29-35(4)5)55(80)64-41(15)54(79)65-42(16)58(83)71(20)47(30-36(6)7)60(85)72(21)48(31-37(8)9)61(86)73(22)51(39(12)13)63(88)74(23)52(57(82)66-44)53(78)40(14)26-25-27-43(76)33-75/h25,27,34-48,50-53,75-76,78H,24,26,28-33H2,1-23H3,(H,64,80)(H,65,79)(H,66,82)(H,67,81)/b27-25+/t40-,41+,42-,43?,44+,45+,46+,47+,48+,50+,51+,52+,53-/m1/s1. The molecule has 504 valence electrons. The van der Waals surface area contributed by atoms with E-state index in [-0.39, 0.29) is 62.2 Å². The molecule has 0 saturated carbocycles. The van der Waals surface area contributed by atoms with Gasteiger partial charge in [0.15, 0.2) is 0 Å². The molecule has 0 aliphatic carbocycles. The van der Waals surface area contributed by atoms with Gasteiger partial charge in [0.2, 0.25) is 65.0 Å². The maximum absolute atomic E-state index is 15.2. The van der Waals surface area contributed by atoms with Gasteiger partial charge in [-0.2, -0.15) is 0 Å². The second kappa shape index (κ2) is 36.4. The minimum absolute atomic E-state index is 0.0295. The molecule has 1 unspecified atom stereocenters. The number of amides is 11. The molecule has 0 radical (unpaired) electrons. The zero-order valence-electron chi connectivity index (χ0n) is 57.2. The third kappa shape index (κ3) is 22.7. The van der Waals surface area contributed by atoms with Crippen molar-refractivity contribution < 1.29 is 68.1 Å². The van der Waals surface area contributed by atoms with Gasteiger partial charge >= 0.3 is 0 Å². The molecule has 1 rings (SSSR count). The highest BCUT2D eigenvalue weighted by Gasteiger charge is 2.46. The average Bonchev–Trinajstić information content (AvgIpc) is 2.89. The van der Waals surface area contributed by atoms with E-state index < -0.39 is 169 Å². The normalized spacial score (nSPS) is 26.8. The van der Waals surface area contributed by atoms with Crippen LogP contribution in [0.15, 0.2) is 12.2 Å². The first kappa shape index (κ1) is 79.8. The number of aliphatic hydroxyl groups excluding tert-OH is 3. The Bertz CT molecular complexity index is 2400. The largest absolute Gasteiger partial charge is 0.393 e. The fourth-order valence-corrected chi connectivity index (χ4v) is 10.8. The van der Waals surface area contributed by atoms with E-state index in [2.05, 4.69) is 21.3 Å². The van der Waals surface area contributed by atoms with Gasteiger partial charge in [-0.1, -0.05) is 109 Å². The molecule has 0 aromatic carbocycles. The van der Waals surface area contributed by atoms with Crippen LogP contribution in [-0.2, 0) is 52.7 Å². The van der Waals surface area contributed by atoms with E-state index in [1.165, 1.54) is 99.8 Å². The summed E-state index contributed by atoms with van der Waals surface area (Å²) in [5, 5.41) is 42.5. The zero-order chi connectivity index (χ0) is 68.3. The van der Waals surface area contributed by atoms with E-state index in [0.717, 1.165) is 9.80 Å². The van der Waals surface area contributed by atoms with Gasteiger partial charge in [-0.05, 0) is 93.8 Å². The molecule has 11 amide bonds. The second-order valence-electron chi connectivity index (χ2n) is 26.7. The number of rotatable bonds is 17. The molecular weight excluding hydrogens is 1130 g/mol. The zero-order valence-corrected chi connectivity index (χ0v) is 57.2. The van der Waals surface area contributed by atoms with Crippen LogP contribution >= 0.6 is 0 Å². The third-order valence-corrected chi connectivity index (χ3v) is 16.4. The van der Waals surface area contributed by atoms with Crippen LogP contribution in [-0.4, -0.2) is 250 Å². The molecular formula is C63H113N11O14. The van der Waals surface area contributed by atoms with Crippen molar-refractivity contribution in [3.05, 3.63) is 12.2 Å². The number of likely N-dealkylation sites (N-methyl/N-ethyl adjacent to an activating group) is 7. The fraction of sp³-hybridized carbons (Fsp3) is 0.794. The lowest BCUT2D eigenvalue weighted by molar-refractivity contribution is -0.157. The van der Waals surface area contributed by atoms with Gasteiger partial charge in [0, 0.05) is 49.3 Å². The Kier molecular flexibility index (Phi) is 33.1. The minimum atomic E-state index is -1.73. The molecule has 1 saturated heterocycles. The summed E-state index contributed by atoms with van der Waals surface area (Å²) in [6.45, 7) is 26.5. The number of carbonyl (C=O) groups is 11. The van der Waals surface area contributed by atoms with Crippen LogP contribution in [0.25, 0.3) is 0 Å². The number of nitrogens with zero attached hydrogens (tertiary/aromatic N) is 7. The summed E-state index contributed by atoms with van der Waals surface area (Å²) < 4.78 is 0. The first-order chi connectivity index (χ1) is 40.6. The van der Waals surface area contributed by atoms with Crippen LogP contribution in [0.4, 0.5) is 0 Å². The smallest absolute Gasteiger partial charge is 0.246 e. The summed E-state index contributed by atoms with van der Waals surface area (Å²) in [7, 11) is 9.71. The fourth-order valence-electron chi connectivity index (χ4n) is 10.8. The molecule has 0 aromatic heterocycles. The topological polar surface area (TPSA) is 319 Å². The highest BCUT2D eigenvalue weighted by Crippen LogP contribution is 2.26. The Morgan fingerprint density at radius 3 is 1.34 bits per heavy atom. The van der Waals surface area contributed by atoms with Crippen molar-refractivity contribution >= 4 is 65.0 Å². The predicted octanol–water partition coefficient (Wildman–Crippen LogP) is 1.60. The second-order valence-corrected chi connectivity index (χ2v) is 26.7. The van der Waals surface area contributed by atoms with Gasteiger partial charge in [0.05, 0.1) is 25.4 Å². The summed E-state index contributed by atoms with van der Waals surface area (Å²) in [5.41, 5.74) is 0. The third-order valence-electron chi connectivity index (χ3n) is 16.4. The van der Waals surface area contributed by atoms with Crippen LogP contribution in [0.5, 0.6) is 0 Å². The number of hydrogen-bond donors (Lipinski definition) is 7. The Balaban J connectivity index is 4.36. The monoisotopic (exact) mass is 1250 g/mol. The lowest BCUT2D eigenvalue weighted by Gasteiger charge is -2.41. The summed E-state index contributed by atoms with van der Waals surface area (Å²) in [5.74, 6) is -10.5. The highest BCUT2D eigenvalue weighted by molar-refractivity contribution is 5.99. The number of nitrogens with one attached hydrogen (secondary N) is 4. The Morgan fingerprint density at radius 2 is 0.886 bits per heavy atom. The molecule has 1 fully saturated rings. The van der Waals surface area contributed by atoms with Gasteiger partial charge in [-0.3, -0.25) is 52.7 Å². The molecule has 7 N–H and O–H groups in total. The van der Waals surface area contributed by atoms with Crippen LogP contribution in [0, 0.1) is 41.4 Å². The van der Waals surface area contributed by atoms with Gasteiger partial charge in [-0.15, -0.1) is 0 Å². The number of hydrogen-bond acceptors (Lipinski definition) is 14. The predicted molar refractivity (Wildman–Crippen MR) is 336 cm³/mol. The molecule has 13 atom stereocenters. The molecule has 25 nitrogen and oxygen atoms in total. The molecule has 0 bridgehead atoms. The van der Waals surface area contributed by atoms with E-state index in [1.807, 2.05) is 55.4 Å². The first-order valence-electron chi connectivity index (χ1n) is 31.3. The van der Waals surface area contributed by atoms with Crippen LogP contribution < -0.4 is 21.3 Å². The maximum atomic E-state index is 15.2. The molecule has 1 aliphatic rings. The van der Waals surface area contributed by atoms with E-state index in [0.29, 0.717) is 0 Å². The Hall–Kier alpha value is -6.21. The molecule has 1 heterocycles. The summed E-state index contributed by atoms with van der Waals surface area (Å²) >= 11 is 0. The highest BCUT2D eigenvalue weighted by atomic mass is 16.3. The maximum Gasteiger partial charge on any atom is 0.246 e. The van der Waals surface area contributed by atoms with Gasteiger partial charge < -0.3 is 70.9 Å². The van der Waals surface area contributed by atoms with Crippen LogP contribution in [0.2, 0.25) is 0 Å². The summed E-state index contributed by atoms with van der Waals surface area (Å²) in [6.07, 6.45) is 0.488. The van der Waals surface area contributed by atoms with Crippen LogP contribution in [0.3, 0.4) is 0 Å². The van der Waals surface area contributed by atoms with Crippen molar-refractivity contribution in [1.29, 1.82) is 0 Å². The first-order valence-corrected chi connectivity index (χ1v) is 31.3. The lowest BCUT2D eigenvalue weighted by atomic mass is 9.91. The Labute approximate surface area is 524 Å². The van der Waals surface area contributed by atoms with Gasteiger partial charge in [-0.25, -0.2) is 0 Å². The lowest BCUT2D eigenvalue weighted by Crippen LogP contribution is -2.63. The van der Waals surface area contributed by atoms with E-state index in [4.69, 9.17) is 0 Å². The van der Waals surface area contributed by atoms with Crippen molar-refractivity contribution in [2.45, 2.75) is 222 Å². The quantitative estimate of drug-likeness (QED) is 0.102. The number of allylic oxidation sites excluding steroid dienone is 1. The number of carbonyl (C=O) groups excluding carboxylic acids is 11. The van der Waals surface area contributed by atoms with Crippen molar-refractivity contribution in [3.8, 4) is 0 Å². The molecule has 25 heteroatoms. The van der Waals surface area contributed by atoms with E-state index in [9.17, 15) is 58.5 Å². The Morgan fingerprint density at radius 1 is 0.466 bits per heavy atom. The van der Waals surface area contributed by atoms with Crippen molar-refractivity contribution in [2.75, 3.05) is 62.5 Å². The van der Waals surface area contributed by atoms with Crippen molar-refractivity contribution in [2.24, 2.45) is 41.4 Å². The van der Waals surface area contributed by atoms with E-state index in [1.54, 1.807) is 41.5 Å². The minimum Gasteiger partial charge on any atom is -0.393 e. The molecule has 1 aliphatic heterocycles. The van der Waals surface area contributed by atoms with Gasteiger partial charge in [0.1, 0.15) is 60.4 Å². The SMILES string of the molecule is CC[C@@H]1NC(=O)[C@H]([C@H](O)[C@H](C)C/C=C/C(O)CO)N(C)C(=O)[C@H](C(C)C)N(C)C(=O)[C@H](CC(C)C)N(C)C(=O)[C@H](CC(C)C)N(C)C(=O)[C@@H](C)NC(=O)[C@H](C)NC(=O)[C@H](CC(C)C)N(C)C(=O)[C@H](C(C)C)NC(=O)[C@H](CC(C)C)N(C)C(=O)CN(C)C1=O.